The summed E-state index contributed by atoms with van der Waals surface area (Å²) in [6.07, 6.45) is 5.83. The number of amides is 2. The summed E-state index contributed by atoms with van der Waals surface area (Å²) in [5, 5.41) is 8.61. The summed E-state index contributed by atoms with van der Waals surface area (Å²) in [4.78, 5) is 14.6. The van der Waals surface area contributed by atoms with Crippen molar-refractivity contribution in [1.82, 2.24) is 24.6 Å². The molecule has 6 nitrogen and oxygen atoms in total. The molecule has 0 spiro atoms. The molecule has 1 aliphatic rings. The molecule has 2 aromatic heterocycles. The molecule has 0 radical (unpaired) electrons. The van der Waals surface area contributed by atoms with Crippen LogP contribution in [0.5, 0.6) is 0 Å². The SMILES string of the molecule is Cc1cc2ccccc2n1CCNC(=O)N1CCCC1Cn1cccn1. The summed E-state index contributed by atoms with van der Waals surface area (Å²) >= 11 is 0. The second-order valence-corrected chi connectivity index (χ2v) is 6.95. The molecular formula is C20H25N5O. The summed E-state index contributed by atoms with van der Waals surface area (Å²) < 4.78 is 4.17. The maximum absolute atomic E-state index is 12.6. The molecule has 0 saturated carbocycles. The van der Waals surface area contributed by atoms with Crippen LogP contribution in [0.4, 0.5) is 4.79 Å². The number of benzene rings is 1. The zero-order valence-electron chi connectivity index (χ0n) is 15.1. The fourth-order valence-corrected chi connectivity index (χ4v) is 3.94. The van der Waals surface area contributed by atoms with Crippen molar-refractivity contribution >= 4 is 16.9 Å². The second-order valence-electron chi connectivity index (χ2n) is 6.95. The van der Waals surface area contributed by atoms with E-state index in [1.165, 1.54) is 16.6 Å². The minimum atomic E-state index is 0.0359. The van der Waals surface area contributed by atoms with Crippen molar-refractivity contribution in [2.24, 2.45) is 0 Å². The number of fused-ring (bicyclic) bond motifs is 1. The fraction of sp³-hybridized carbons (Fsp3) is 0.400. The molecule has 2 amide bonds. The average Bonchev–Trinajstić information content (AvgIpc) is 3.36. The van der Waals surface area contributed by atoms with E-state index < -0.39 is 0 Å². The molecule has 1 fully saturated rings. The predicted octanol–water partition coefficient (Wildman–Crippen LogP) is 3.02. The molecule has 1 aliphatic heterocycles. The zero-order chi connectivity index (χ0) is 17.9. The van der Waals surface area contributed by atoms with E-state index in [9.17, 15) is 4.79 Å². The molecule has 6 heteroatoms. The lowest BCUT2D eigenvalue weighted by Crippen LogP contribution is -2.45. The lowest BCUT2D eigenvalue weighted by atomic mass is 10.2. The fourth-order valence-electron chi connectivity index (χ4n) is 3.94. The molecule has 1 unspecified atom stereocenters. The number of hydrogen-bond acceptors (Lipinski definition) is 2. The first kappa shape index (κ1) is 16.7. The van der Waals surface area contributed by atoms with E-state index in [-0.39, 0.29) is 12.1 Å². The van der Waals surface area contributed by atoms with Gasteiger partial charge < -0.3 is 14.8 Å². The van der Waals surface area contributed by atoms with Crippen molar-refractivity contribution in [3.63, 3.8) is 0 Å². The molecule has 136 valence electrons. The Balaban J connectivity index is 1.35. The third kappa shape index (κ3) is 3.31. The number of aromatic nitrogens is 3. The first-order valence-electron chi connectivity index (χ1n) is 9.29. The number of urea groups is 1. The summed E-state index contributed by atoms with van der Waals surface area (Å²) in [6, 6.07) is 12.7. The Labute approximate surface area is 153 Å². The van der Waals surface area contributed by atoms with Crippen LogP contribution in [0.1, 0.15) is 18.5 Å². The quantitative estimate of drug-likeness (QED) is 0.768. The number of nitrogens with zero attached hydrogens (tertiary/aromatic N) is 4. The Hall–Kier alpha value is -2.76. The number of carbonyl (C=O) groups excluding carboxylic acids is 1. The third-order valence-corrected chi connectivity index (χ3v) is 5.22. The minimum Gasteiger partial charge on any atom is -0.343 e. The van der Waals surface area contributed by atoms with Crippen LogP contribution in [-0.2, 0) is 13.1 Å². The highest BCUT2D eigenvalue weighted by atomic mass is 16.2. The molecule has 26 heavy (non-hydrogen) atoms. The number of carbonyl (C=O) groups is 1. The summed E-state index contributed by atoms with van der Waals surface area (Å²) in [5.41, 5.74) is 2.44. The lowest BCUT2D eigenvalue weighted by molar-refractivity contribution is 0.185. The van der Waals surface area contributed by atoms with Crippen molar-refractivity contribution in [3.8, 4) is 0 Å². The van der Waals surface area contributed by atoms with Crippen molar-refractivity contribution < 1.29 is 4.79 Å². The van der Waals surface area contributed by atoms with E-state index >= 15 is 0 Å². The predicted molar refractivity (Wildman–Crippen MR) is 102 cm³/mol. The molecular weight excluding hydrogens is 326 g/mol. The molecule has 1 saturated heterocycles. The molecule has 0 bridgehead atoms. The summed E-state index contributed by atoms with van der Waals surface area (Å²) in [5.74, 6) is 0. The number of nitrogens with one attached hydrogen (secondary N) is 1. The Kier molecular flexibility index (Phi) is 4.65. The number of rotatable bonds is 5. The highest BCUT2D eigenvalue weighted by Crippen LogP contribution is 2.20. The van der Waals surface area contributed by atoms with Gasteiger partial charge in [0.15, 0.2) is 0 Å². The third-order valence-electron chi connectivity index (χ3n) is 5.22. The van der Waals surface area contributed by atoms with Crippen molar-refractivity contribution in [1.29, 1.82) is 0 Å². The smallest absolute Gasteiger partial charge is 0.317 e. The second kappa shape index (κ2) is 7.23. The van der Waals surface area contributed by atoms with Crippen molar-refractivity contribution in [3.05, 3.63) is 54.5 Å². The largest absolute Gasteiger partial charge is 0.343 e. The molecule has 1 aromatic carbocycles. The van der Waals surface area contributed by atoms with Crippen LogP contribution in [0.25, 0.3) is 10.9 Å². The van der Waals surface area contributed by atoms with Crippen molar-refractivity contribution in [2.45, 2.75) is 38.9 Å². The normalized spacial score (nSPS) is 17.1. The van der Waals surface area contributed by atoms with Crippen LogP contribution in [0.2, 0.25) is 0 Å². The van der Waals surface area contributed by atoms with Gasteiger partial charge in [0.2, 0.25) is 0 Å². The van der Waals surface area contributed by atoms with Gasteiger partial charge in [0.25, 0.3) is 0 Å². The topological polar surface area (TPSA) is 55.1 Å². The maximum atomic E-state index is 12.6. The summed E-state index contributed by atoms with van der Waals surface area (Å²) in [6.45, 7) is 5.11. The van der Waals surface area contributed by atoms with E-state index in [2.05, 4.69) is 52.2 Å². The van der Waals surface area contributed by atoms with Gasteiger partial charge in [0, 0.05) is 43.2 Å². The van der Waals surface area contributed by atoms with Gasteiger partial charge in [0.05, 0.1) is 12.6 Å². The Morgan fingerprint density at radius 1 is 1.31 bits per heavy atom. The Bertz CT molecular complexity index is 883. The van der Waals surface area contributed by atoms with Gasteiger partial charge in [-0.2, -0.15) is 5.10 Å². The van der Waals surface area contributed by atoms with E-state index in [1.54, 1.807) is 6.20 Å². The molecule has 1 atom stereocenters. The Morgan fingerprint density at radius 2 is 2.19 bits per heavy atom. The van der Waals surface area contributed by atoms with Gasteiger partial charge >= 0.3 is 6.03 Å². The van der Waals surface area contributed by atoms with Crippen LogP contribution >= 0.6 is 0 Å². The van der Waals surface area contributed by atoms with Crippen molar-refractivity contribution in [2.75, 3.05) is 13.1 Å². The molecule has 0 aliphatic carbocycles. The lowest BCUT2D eigenvalue weighted by Gasteiger charge is -2.25. The van der Waals surface area contributed by atoms with Crippen LogP contribution in [0.15, 0.2) is 48.8 Å². The first-order chi connectivity index (χ1) is 12.7. The van der Waals surface area contributed by atoms with E-state index in [1.807, 2.05) is 21.8 Å². The van der Waals surface area contributed by atoms with Gasteiger partial charge in [-0.3, -0.25) is 4.68 Å². The number of hydrogen-bond donors (Lipinski definition) is 1. The number of para-hydroxylation sites is 1. The van der Waals surface area contributed by atoms with Gasteiger partial charge in [-0.1, -0.05) is 18.2 Å². The number of likely N-dealkylation sites (tertiary alicyclic amines) is 1. The van der Waals surface area contributed by atoms with E-state index in [0.29, 0.717) is 6.54 Å². The van der Waals surface area contributed by atoms with E-state index in [4.69, 9.17) is 0 Å². The zero-order valence-corrected chi connectivity index (χ0v) is 15.1. The standard InChI is InChI=1S/C20H25N5O/c1-16-14-17-6-2-3-8-19(17)24(16)13-10-21-20(26)25-12-4-7-18(25)15-23-11-5-9-22-23/h2-3,5-6,8-9,11,14,18H,4,7,10,12-13,15H2,1H3,(H,21,26). The minimum absolute atomic E-state index is 0.0359. The Morgan fingerprint density at radius 3 is 3.04 bits per heavy atom. The number of aryl methyl sites for hydroxylation is 1. The molecule has 1 N–H and O–H groups in total. The van der Waals surface area contributed by atoms with Crippen LogP contribution in [0, 0.1) is 6.92 Å². The first-order valence-corrected chi connectivity index (χ1v) is 9.29. The van der Waals surface area contributed by atoms with Gasteiger partial charge in [0.1, 0.15) is 0 Å². The summed E-state index contributed by atoms with van der Waals surface area (Å²) in [7, 11) is 0. The highest BCUT2D eigenvalue weighted by Gasteiger charge is 2.28. The molecule has 3 aromatic rings. The van der Waals surface area contributed by atoms with Gasteiger partial charge in [-0.05, 0) is 43.4 Å². The van der Waals surface area contributed by atoms with Crippen LogP contribution in [-0.4, -0.2) is 44.4 Å². The average molecular weight is 351 g/mol. The van der Waals surface area contributed by atoms with Crippen LogP contribution < -0.4 is 5.32 Å². The van der Waals surface area contributed by atoms with Crippen LogP contribution in [0.3, 0.4) is 0 Å². The van der Waals surface area contributed by atoms with Gasteiger partial charge in [-0.25, -0.2) is 4.79 Å². The van der Waals surface area contributed by atoms with Gasteiger partial charge in [-0.15, -0.1) is 0 Å². The van der Waals surface area contributed by atoms with E-state index in [0.717, 1.165) is 32.5 Å². The monoisotopic (exact) mass is 351 g/mol. The molecule has 3 heterocycles. The highest BCUT2D eigenvalue weighted by molar-refractivity contribution is 5.81. The molecule has 4 rings (SSSR count). The maximum Gasteiger partial charge on any atom is 0.317 e.